The Morgan fingerprint density at radius 2 is 1.54 bits per heavy atom. The molecule has 0 aliphatic carbocycles. The maximum Gasteiger partial charge on any atom is 0.322 e. The minimum Gasteiger partial charge on any atom is -0.497 e. The molecule has 9 heteroatoms. The molecule has 0 amide bonds. The molecule has 1 aliphatic rings. The molecule has 184 valence electrons. The summed E-state index contributed by atoms with van der Waals surface area (Å²) >= 11 is 0. The zero-order chi connectivity index (χ0) is 24.8. The number of piperazine rings is 1. The standard InChI is InChI=1S/C26H29N3O5S/c1-34-23-9-5-8-22(19-23)29-16-14-28(15-17-29)21-10-12-24(13-11-21)35(32,33)27-25(26(30)31)18-20-6-3-2-4-7-20/h2-13,19,25,27H,14-18H2,1H3,(H,30,31). The first-order chi connectivity index (χ1) is 16.9. The maximum atomic E-state index is 12.9. The van der Waals surface area contributed by atoms with E-state index in [0.29, 0.717) is 0 Å². The lowest BCUT2D eigenvalue weighted by atomic mass is 10.1. The van der Waals surface area contributed by atoms with Gasteiger partial charge in [-0.05, 0) is 48.4 Å². The number of ether oxygens (including phenoxy) is 1. The Kier molecular flexibility index (Phi) is 7.57. The van der Waals surface area contributed by atoms with Gasteiger partial charge in [0.05, 0.1) is 12.0 Å². The fraction of sp³-hybridized carbons (Fsp3) is 0.269. The van der Waals surface area contributed by atoms with Crippen molar-refractivity contribution in [3.05, 3.63) is 84.4 Å². The van der Waals surface area contributed by atoms with Crippen LogP contribution in [0.25, 0.3) is 0 Å². The molecule has 0 radical (unpaired) electrons. The third kappa shape index (κ3) is 6.12. The third-order valence-electron chi connectivity index (χ3n) is 6.09. The van der Waals surface area contributed by atoms with E-state index in [1.54, 1.807) is 43.5 Å². The first-order valence-electron chi connectivity index (χ1n) is 11.4. The second-order valence-corrected chi connectivity index (χ2v) is 10.1. The fourth-order valence-electron chi connectivity index (χ4n) is 4.15. The quantitative estimate of drug-likeness (QED) is 0.471. The molecule has 3 aromatic carbocycles. The highest BCUT2D eigenvalue weighted by Gasteiger charge is 2.26. The molecular formula is C26H29N3O5S. The maximum absolute atomic E-state index is 12.9. The predicted molar refractivity (Wildman–Crippen MR) is 136 cm³/mol. The van der Waals surface area contributed by atoms with E-state index >= 15 is 0 Å². The summed E-state index contributed by atoms with van der Waals surface area (Å²) in [7, 11) is -2.34. The summed E-state index contributed by atoms with van der Waals surface area (Å²) in [6.45, 7) is 3.24. The second kappa shape index (κ2) is 10.8. The van der Waals surface area contributed by atoms with E-state index in [1.807, 2.05) is 24.3 Å². The molecule has 4 rings (SSSR count). The lowest BCUT2D eigenvalue weighted by Gasteiger charge is -2.37. The topological polar surface area (TPSA) is 99.2 Å². The summed E-state index contributed by atoms with van der Waals surface area (Å²) in [6, 6.07) is 22.2. The molecule has 1 aliphatic heterocycles. The number of nitrogens with one attached hydrogen (secondary N) is 1. The van der Waals surface area contributed by atoms with Crippen molar-refractivity contribution in [2.24, 2.45) is 0 Å². The van der Waals surface area contributed by atoms with Crippen molar-refractivity contribution in [3.8, 4) is 5.75 Å². The van der Waals surface area contributed by atoms with Gasteiger partial charge in [-0.25, -0.2) is 8.42 Å². The molecule has 2 N–H and O–H groups in total. The van der Waals surface area contributed by atoms with Crippen molar-refractivity contribution >= 4 is 27.4 Å². The van der Waals surface area contributed by atoms with Crippen LogP contribution < -0.4 is 19.3 Å². The van der Waals surface area contributed by atoms with Gasteiger partial charge in [0, 0.05) is 43.6 Å². The second-order valence-electron chi connectivity index (χ2n) is 8.37. The number of carbonyl (C=O) groups is 1. The number of sulfonamides is 1. The van der Waals surface area contributed by atoms with E-state index in [4.69, 9.17) is 4.74 Å². The highest BCUT2D eigenvalue weighted by molar-refractivity contribution is 7.89. The number of benzene rings is 3. The Hall–Kier alpha value is -3.56. The van der Waals surface area contributed by atoms with Gasteiger partial charge in [-0.3, -0.25) is 4.79 Å². The molecule has 8 nitrogen and oxygen atoms in total. The van der Waals surface area contributed by atoms with Gasteiger partial charge in [-0.15, -0.1) is 0 Å². The van der Waals surface area contributed by atoms with Crippen LogP contribution >= 0.6 is 0 Å². The summed E-state index contributed by atoms with van der Waals surface area (Å²) in [5.74, 6) is -0.396. The van der Waals surface area contributed by atoms with E-state index in [9.17, 15) is 18.3 Å². The van der Waals surface area contributed by atoms with Gasteiger partial charge in [0.1, 0.15) is 11.8 Å². The molecule has 0 bridgehead atoms. The van der Waals surface area contributed by atoms with Gasteiger partial charge >= 0.3 is 5.97 Å². The van der Waals surface area contributed by atoms with E-state index in [1.165, 1.54) is 12.1 Å². The Morgan fingerprint density at radius 1 is 0.914 bits per heavy atom. The van der Waals surface area contributed by atoms with E-state index in [2.05, 4.69) is 20.6 Å². The van der Waals surface area contributed by atoms with Crippen LogP contribution in [0.4, 0.5) is 11.4 Å². The molecule has 3 aromatic rings. The lowest BCUT2D eigenvalue weighted by Crippen LogP contribution is -2.46. The Morgan fingerprint density at radius 3 is 2.14 bits per heavy atom. The van der Waals surface area contributed by atoms with E-state index < -0.39 is 22.0 Å². The average molecular weight is 496 g/mol. The van der Waals surface area contributed by atoms with Crippen molar-refractivity contribution in [3.63, 3.8) is 0 Å². The minimum absolute atomic E-state index is 0.0376. The van der Waals surface area contributed by atoms with Crippen molar-refractivity contribution in [2.75, 3.05) is 43.1 Å². The molecule has 1 unspecified atom stereocenters. The summed E-state index contributed by atoms with van der Waals surface area (Å²) in [6.07, 6.45) is 0.0606. The van der Waals surface area contributed by atoms with Crippen molar-refractivity contribution in [2.45, 2.75) is 17.4 Å². The van der Waals surface area contributed by atoms with Gasteiger partial charge < -0.3 is 19.6 Å². The highest BCUT2D eigenvalue weighted by Crippen LogP contribution is 2.25. The zero-order valence-electron chi connectivity index (χ0n) is 19.5. The number of methoxy groups -OCH3 is 1. The van der Waals surface area contributed by atoms with E-state index in [-0.39, 0.29) is 11.3 Å². The lowest BCUT2D eigenvalue weighted by molar-refractivity contribution is -0.138. The predicted octanol–water partition coefficient (Wildman–Crippen LogP) is 3.00. The number of hydrogen-bond acceptors (Lipinski definition) is 6. The van der Waals surface area contributed by atoms with Gasteiger partial charge in [0.15, 0.2) is 0 Å². The minimum atomic E-state index is -3.99. The molecular weight excluding hydrogens is 466 g/mol. The van der Waals surface area contributed by atoms with Crippen LogP contribution in [-0.2, 0) is 21.2 Å². The third-order valence-corrected chi connectivity index (χ3v) is 7.58. The fourth-order valence-corrected chi connectivity index (χ4v) is 5.34. The molecule has 1 atom stereocenters. The van der Waals surface area contributed by atoms with Crippen molar-refractivity contribution in [1.29, 1.82) is 0 Å². The first kappa shape index (κ1) is 24.6. The van der Waals surface area contributed by atoms with Crippen LogP contribution in [-0.4, -0.2) is 58.8 Å². The van der Waals surface area contributed by atoms with Crippen LogP contribution in [0.2, 0.25) is 0 Å². The highest BCUT2D eigenvalue weighted by atomic mass is 32.2. The Balaban J connectivity index is 1.39. The van der Waals surface area contributed by atoms with Gasteiger partial charge in [-0.2, -0.15) is 4.72 Å². The van der Waals surface area contributed by atoms with E-state index in [0.717, 1.165) is 48.9 Å². The number of nitrogens with zero attached hydrogens (tertiary/aromatic N) is 2. The molecule has 0 aromatic heterocycles. The number of carboxylic acid groups (broad SMARTS) is 1. The number of hydrogen-bond donors (Lipinski definition) is 2. The smallest absolute Gasteiger partial charge is 0.322 e. The van der Waals surface area contributed by atoms with Crippen LogP contribution in [0.5, 0.6) is 5.75 Å². The summed E-state index contributed by atoms with van der Waals surface area (Å²) in [4.78, 5) is 16.2. The summed E-state index contributed by atoms with van der Waals surface area (Å²) in [5, 5.41) is 9.55. The van der Waals surface area contributed by atoms with Crippen LogP contribution in [0, 0.1) is 0 Å². The monoisotopic (exact) mass is 495 g/mol. The zero-order valence-corrected chi connectivity index (χ0v) is 20.3. The molecule has 1 heterocycles. The number of rotatable bonds is 9. The normalized spacial score (nSPS) is 15.0. The average Bonchev–Trinajstić information content (AvgIpc) is 2.89. The van der Waals surface area contributed by atoms with Crippen LogP contribution in [0.1, 0.15) is 5.56 Å². The Bertz CT molecular complexity index is 1240. The molecule has 1 fully saturated rings. The number of anilines is 2. The molecule has 0 saturated carbocycles. The SMILES string of the molecule is COc1cccc(N2CCN(c3ccc(S(=O)(=O)NC(Cc4ccccc4)C(=O)O)cc3)CC2)c1. The molecule has 0 spiro atoms. The van der Waals surface area contributed by atoms with Crippen molar-refractivity contribution in [1.82, 2.24) is 4.72 Å². The molecule has 1 saturated heterocycles. The largest absolute Gasteiger partial charge is 0.497 e. The Labute approximate surface area is 205 Å². The van der Waals surface area contributed by atoms with Crippen LogP contribution in [0.15, 0.2) is 83.8 Å². The van der Waals surface area contributed by atoms with Crippen molar-refractivity contribution < 1.29 is 23.1 Å². The number of aliphatic carboxylic acids is 1. The van der Waals surface area contributed by atoms with Gasteiger partial charge in [-0.1, -0.05) is 36.4 Å². The van der Waals surface area contributed by atoms with Gasteiger partial charge in [0.2, 0.25) is 10.0 Å². The summed E-state index contributed by atoms with van der Waals surface area (Å²) in [5.41, 5.74) is 2.78. The van der Waals surface area contributed by atoms with Crippen LogP contribution in [0.3, 0.4) is 0 Å². The summed E-state index contributed by atoms with van der Waals surface area (Å²) < 4.78 is 33.4. The van der Waals surface area contributed by atoms with Gasteiger partial charge in [0.25, 0.3) is 0 Å². The first-order valence-corrected chi connectivity index (χ1v) is 12.9. The number of carboxylic acids is 1. The molecule has 35 heavy (non-hydrogen) atoms.